The number of hydrogen-bond donors (Lipinski definition) is 0. The second-order valence-electron chi connectivity index (χ2n) is 9.26. The van der Waals surface area contributed by atoms with Crippen molar-refractivity contribution in [1.29, 1.82) is 0 Å². The number of nitrogens with zero attached hydrogens (tertiary/aromatic N) is 3. The molecule has 6 nitrogen and oxygen atoms in total. The number of hydrogen-bond acceptors (Lipinski definition) is 5. The lowest BCUT2D eigenvalue weighted by Crippen LogP contribution is -2.48. The molecule has 0 unspecified atom stereocenters. The zero-order chi connectivity index (χ0) is 23.0. The lowest BCUT2D eigenvalue weighted by atomic mass is 9.95. The average molecular weight is 452 g/mol. The van der Waals surface area contributed by atoms with Crippen molar-refractivity contribution in [1.82, 2.24) is 9.91 Å². The third-order valence-corrected chi connectivity index (χ3v) is 6.89. The van der Waals surface area contributed by atoms with Gasteiger partial charge in [0.15, 0.2) is 5.79 Å². The summed E-state index contributed by atoms with van der Waals surface area (Å²) in [6.45, 7) is 7.11. The first-order valence-electron chi connectivity index (χ1n) is 11.7. The molecule has 2 fully saturated rings. The second kappa shape index (κ2) is 8.97. The number of benzene rings is 2. The molecule has 2 aromatic rings. The maximum absolute atomic E-state index is 14.0. The highest BCUT2D eigenvalue weighted by molar-refractivity contribution is 6.04. The zero-order valence-corrected chi connectivity index (χ0v) is 19.2. The van der Waals surface area contributed by atoms with Crippen LogP contribution in [0.2, 0.25) is 0 Å². The predicted molar refractivity (Wildman–Crippen MR) is 123 cm³/mol. The van der Waals surface area contributed by atoms with Crippen LogP contribution >= 0.6 is 0 Å². The number of ether oxygens (including phenoxy) is 2. The lowest BCUT2D eigenvalue weighted by molar-refractivity contribution is -0.186. The number of hydrazone groups is 1. The minimum absolute atomic E-state index is 0.0752. The van der Waals surface area contributed by atoms with Gasteiger partial charge in [0.05, 0.1) is 31.5 Å². The molecule has 2 saturated heterocycles. The van der Waals surface area contributed by atoms with Gasteiger partial charge in [-0.1, -0.05) is 29.8 Å². The van der Waals surface area contributed by atoms with Crippen molar-refractivity contribution in [2.24, 2.45) is 5.10 Å². The molecule has 174 valence electrons. The predicted octanol–water partition coefficient (Wildman–Crippen LogP) is 3.96. The molecule has 1 spiro atoms. The van der Waals surface area contributed by atoms with Crippen molar-refractivity contribution >= 4 is 11.6 Å². The van der Waals surface area contributed by atoms with E-state index < -0.39 is 5.79 Å². The Kier molecular flexibility index (Phi) is 6.03. The number of carbonyl (C=O) groups is 1. The third-order valence-electron chi connectivity index (χ3n) is 6.89. The van der Waals surface area contributed by atoms with Crippen LogP contribution in [0, 0.1) is 19.7 Å². The molecule has 0 N–H and O–H groups in total. The van der Waals surface area contributed by atoms with Gasteiger partial charge in [0.1, 0.15) is 5.82 Å². The van der Waals surface area contributed by atoms with Crippen LogP contribution in [0.5, 0.6) is 0 Å². The number of halogens is 1. The molecule has 3 aliphatic heterocycles. The van der Waals surface area contributed by atoms with Crippen molar-refractivity contribution in [2.75, 3.05) is 32.8 Å². The summed E-state index contributed by atoms with van der Waals surface area (Å²) >= 11 is 0. The van der Waals surface area contributed by atoms with Crippen molar-refractivity contribution in [3.63, 3.8) is 0 Å². The largest absolute Gasteiger partial charge is 0.347 e. The first-order chi connectivity index (χ1) is 15.9. The van der Waals surface area contributed by atoms with Crippen LogP contribution in [0.4, 0.5) is 4.39 Å². The van der Waals surface area contributed by atoms with E-state index in [9.17, 15) is 9.18 Å². The monoisotopic (exact) mass is 451 g/mol. The Hall–Kier alpha value is -2.61. The van der Waals surface area contributed by atoms with Gasteiger partial charge in [-0.3, -0.25) is 9.69 Å². The van der Waals surface area contributed by atoms with Gasteiger partial charge in [-0.25, -0.2) is 9.40 Å². The van der Waals surface area contributed by atoms with Crippen molar-refractivity contribution in [3.8, 4) is 0 Å². The van der Waals surface area contributed by atoms with Crippen LogP contribution in [0.15, 0.2) is 47.6 Å². The van der Waals surface area contributed by atoms with Crippen LogP contribution in [0.1, 0.15) is 47.6 Å². The second-order valence-corrected chi connectivity index (χ2v) is 9.26. The molecule has 7 heteroatoms. The number of carbonyl (C=O) groups excluding carboxylic acids is 1. The molecule has 33 heavy (non-hydrogen) atoms. The standard InChI is InChI=1S/C26H30FN3O3/c1-18-6-7-19(2)22(14-18)23-16-24(20-4-3-5-21(27)15-20)30(28-23)25(31)17-29-10-8-26(9-11-29)32-12-13-33-26/h3-7,14-15,24H,8-13,16-17H2,1-2H3/t24-/m0/s1. The van der Waals surface area contributed by atoms with E-state index in [4.69, 9.17) is 14.6 Å². The highest BCUT2D eigenvalue weighted by Gasteiger charge is 2.41. The molecule has 1 amide bonds. The van der Waals surface area contributed by atoms with Gasteiger partial charge >= 0.3 is 0 Å². The number of aryl methyl sites for hydroxylation is 2. The molecule has 2 aromatic carbocycles. The molecule has 5 rings (SSSR count). The first-order valence-corrected chi connectivity index (χ1v) is 11.7. The smallest absolute Gasteiger partial charge is 0.257 e. The summed E-state index contributed by atoms with van der Waals surface area (Å²) in [6.07, 6.45) is 2.07. The number of piperidine rings is 1. The highest BCUT2D eigenvalue weighted by Crippen LogP contribution is 2.35. The van der Waals surface area contributed by atoms with Gasteiger partial charge in [0.25, 0.3) is 5.91 Å². The lowest BCUT2D eigenvalue weighted by Gasteiger charge is -2.37. The summed E-state index contributed by atoms with van der Waals surface area (Å²) in [7, 11) is 0. The van der Waals surface area contributed by atoms with Gasteiger partial charge in [-0.05, 0) is 43.2 Å². The summed E-state index contributed by atoms with van der Waals surface area (Å²) in [4.78, 5) is 15.6. The molecule has 0 aromatic heterocycles. The Labute approximate surface area is 194 Å². The summed E-state index contributed by atoms with van der Waals surface area (Å²) in [5.41, 5.74) is 4.93. The average Bonchev–Trinajstić information content (AvgIpc) is 3.45. The summed E-state index contributed by atoms with van der Waals surface area (Å²) in [5.74, 6) is -0.850. The quantitative estimate of drug-likeness (QED) is 0.706. The Morgan fingerprint density at radius 1 is 1.12 bits per heavy atom. The number of rotatable bonds is 4. The summed E-state index contributed by atoms with van der Waals surface area (Å²) in [6, 6.07) is 12.4. The van der Waals surface area contributed by atoms with Gasteiger partial charge < -0.3 is 9.47 Å². The molecular formula is C26H30FN3O3. The molecule has 0 radical (unpaired) electrons. The Bertz CT molecular complexity index is 1070. The first kappa shape index (κ1) is 22.2. The zero-order valence-electron chi connectivity index (χ0n) is 19.2. The molecule has 0 saturated carbocycles. The fourth-order valence-corrected chi connectivity index (χ4v) is 5.02. The maximum atomic E-state index is 14.0. The van der Waals surface area contributed by atoms with E-state index in [1.54, 1.807) is 11.1 Å². The van der Waals surface area contributed by atoms with Crippen molar-refractivity contribution < 1.29 is 18.7 Å². The Balaban J connectivity index is 1.37. The fourth-order valence-electron chi connectivity index (χ4n) is 5.02. The minimum atomic E-state index is -0.467. The van der Waals surface area contributed by atoms with Crippen molar-refractivity contribution in [3.05, 3.63) is 70.5 Å². The molecule has 0 aliphatic carbocycles. The van der Waals surface area contributed by atoms with Crippen molar-refractivity contribution in [2.45, 2.75) is 44.9 Å². The summed E-state index contributed by atoms with van der Waals surface area (Å²) < 4.78 is 25.6. The Morgan fingerprint density at radius 3 is 2.61 bits per heavy atom. The van der Waals surface area contributed by atoms with Gasteiger partial charge in [0.2, 0.25) is 0 Å². The number of amides is 1. The third kappa shape index (κ3) is 4.58. The molecule has 1 atom stereocenters. The number of likely N-dealkylation sites (tertiary alicyclic amines) is 1. The van der Waals surface area contributed by atoms with E-state index in [0.29, 0.717) is 19.6 Å². The SMILES string of the molecule is Cc1ccc(C)c(C2=NN(C(=O)CN3CCC4(CC3)OCCO4)[C@H](c3cccc(F)c3)C2)c1. The normalized spacial score (nSPS) is 22.7. The van der Waals surface area contributed by atoms with E-state index in [0.717, 1.165) is 53.9 Å². The van der Waals surface area contributed by atoms with E-state index in [2.05, 4.69) is 30.0 Å². The molecular weight excluding hydrogens is 421 g/mol. The molecule has 3 heterocycles. The van der Waals surface area contributed by atoms with Gasteiger partial charge in [-0.15, -0.1) is 0 Å². The van der Waals surface area contributed by atoms with Gasteiger partial charge in [-0.2, -0.15) is 5.10 Å². The van der Waals surface area contributed by atoms with E-state index in [1.165, 1.54) is 12.1 Å². The van der Waals surface area contributed by atoms with Crippen LogP contribution in [-0.2, 0) is 14.3 Å². The fraction of sp³-hybridized carbons (Fsp3) is 0.462. The van der Waals surface area contributed by atoms with E-state index in [-0.39, 0.29) is 24.3 Å². The maximum Gasteiger partial charge on any atom is 0.257 e. The van der Waals surface area contributed by atoms with E-state index >= 15 is 0 Å². The molecule has 0 bridgehead atoms. The van der Waals surface area contributed by atoms with Gasteiger partial charge in [0, 0.05) is 37.9 Å². The molecule has 3 aliphatic rings. The van der Waals surface area contributed by atoms with Crippen LogP contribution in [-0.4, -0.2) is 60.2 Å². The minimum Gasteiger partial charge on any atom is -0.347 e. The van der Waals surface area contributed by atoms with Crippen LogP contribution < -0.4 is 0 Å². The highest BCUT2D eigenvalue weighted by atomic mass is 19.1. The Morgan fingerprint density at radius 2 is 1.88 bits per heavy atom. The topological polar surface area (TPSA) is 54.4 Å². The van der Waals surface area contributed by atoms with E-state index in [1.807, 2.05) is 13.0 Å². The van der Waals surface area contributed by atoms with Crippen LogP contribution in [0.25, 0.3) is 0 Å². The summed E-state index contributed by atoms with van der Waals surface area (Å²) in [5, 5.41) is 6.35. The van der Waals surface area contributed by atoms with Crippen LogP contribution in [0.3, 0.4) is 0 Å².